The zero-order chi connectivity index (χ0) is 12.0. The summed E-state index contributed by atoms with van der Waals surface area (Å²) in [4.78, 5) is 11.3. The van der Waals surface area contributed by atoms with Crippen LogP contribution >= 0.6 is 0 Å². The Morgan fingerprint density at radius 2 is 1.81 bits per heavy atom. The van der Waals surface area contributed by atoms with Gasteiger partial charge in [0, 0.05) is 0 Å². The Balaban J connectivity index is 2.26. The quantitative estimate of drug-likeness (QED) is 0.584. The van der Waals surface area contributed by atoms with Crippen molar-refractivity contribution in [2.75, 3.05) is 12.8 Å². The number of esters is 1. The molecule has 0 N–H and O–H groups in total. The molecule has 1 aromatic carbocycles. The fraction of sp³-hybridized carbons (Fsp3) is 0.417. The van der Waals surface area contributed by atoms with Gasteiger partial charge in [-0.05, 0) is 12.1 Å². The van der Waals surface area contributed by atoms with Crippen LogP contribution in [0.3, 0.4) is 0 Å². The van der Waals surface area contributed by atoms with E-state index in [1.807, 2.05) is 30.3 Å². The molecule has 0 aliphatic rings. The predicted molar refractivity (Wildman–Crippen MR) is 66.2 cm³/mol. The number of carbonyl (C=O) groups is 1. The van der Waals surface area contributed by atoms with E-state index in [0.717, 1.165) is 0 Å². The first-order valence-corrected chi connectivity index (χ1v) is 9.01. The molecule has 16 heavy (non-hydrogen) atoms. The van der Waals surface area contributed by atoms with Gasteiger partial charge in [0.1, 0.15) is 5.75 Å². The highest BCUT2D eigenvalue weighted by Crippen LogP contribution is 2.08. The van der Waals surface area contributed by atoms with E-state index in [-0.39, 0.29) is 12.6 Å². The van der Waals surface area contributed by atoms with Gasteiger partial charge in [-0.25, -0.2) is 4.79 Å². The Hall–Kier alpha value is -1.29. The zero-order valence-electron chi connectivity index (χ0n) is 10.0. The van der Waals surface area contributed by atoms with Gasteiger partial charge in [-0.2, -0.15) is 0 Å². The highest BCUT2D eigenvalue weighted by atomic mass is 28.3. The number of hydrogen-bond donors (Lipinski definition) is 0. The molecule has 0 radical (unpaired) electrons. The molecule has 0 aliphatic carbocycles. The van der Waals surface area contributed by atoms with Crippen molar-refractivity contribution in [1.82, 2.24) is 0 Å². The molecular weight excluding hydrogens is 220 g/mol. The first-order chi connectivity index (χ1) is 7.47. The van der Waals surface area contributed by atoms with Gasteiger partial charge in [-0.15, -0.1) is 0 Å². The van der Waals surface area contributed by atoms with Crippen LogP contribution in [0.4, 0.5) is 0 Å². The first kappa shape index (κ1) is 12.8. The van der Waals surface area contributed by atoms with E-state index in [9.17, 15) is 4.79 Å². The summed E-state index contributed by atoms with van der Waals surface area (Å²) in [6.45, 7) is 6.43. The summed E-state index contributed by atoms with van der Waals surface area (Å²) >= 11 is 0. The first-order valence-electron chi connectivity index (χ1n) is 5.31. The third kappa shape index (κ3) is 5.55. The molecule has 0 spiro atoms. The van der Waals surface area contributed by atoms with Crippen molar-refractivity contribution in [3.8, 4) is 5.75 Å². The van der Waals surface area contributed by atoms with E-state index in [1.165, 1.54) is 0 Å². The standard InChI is InChI=1S/C12H18O3Si/c1-16(2,3)10-15-12(13)9-14-11-7-5-4-6-8-11/h4-8H,9-10H2,1-3H3. The van der Waals surface area contributed by atoms with E-state index in [1.54, 1.807) is 0 Å². The number of hydrogen-bond acceptors (Lipinski definition) is 3. The van der Waals surface area contributed by atoms with Crippen LogP contribution in [-0.4, -0.2) is 26.9 Å². The summed E-state index contributed by atoms with van der Waals surface area (Å²) in [5.41, 5.74) is 0. The minimum atomic E-state index is -1.33. The average molecular weight is 238 g/mol. The van der Waals surface area contributed by atoms with Gasteiger partial charge in [0.05, 0.1) is 14.3 Å². The maximum absolute atomic E-state index is 11.3. The molecule has 0 saturated heterocycles. The van der Waals surface area contributed by atoms with Crippen LogP contribution in [0.5, 0.6) is 5.75 Å². The maximum Gasteiger partial charge on any atom is 0.343 e. The summed E-state index contributed by atoms with van der Waals surface area (Å²) in [5, 5.41) is 0. The predicted octanol–water partition coefficient (Wildman–Crippen LogP) is 2.49. The third-order valence-electron chi connectivity index (χ3n) is 1.77. The number of benzene rings is 1. The molecule has 0 atom stereocenters. The number of para-hydroxylation sites is 1. The van der Waals surface area contributed by atoms with Gasteiger partial charge in [0.2, 0.25) is 0 Å². The SMILES string of the molecule is C[Si](C)(C)COC(=O)COc1ccccc1. The lowest BCUT2D eigenvalue weighted by molar-refractivity contribution is -0.144. The second kappa shape index (κ2) is 5.70. The highest BCUT2D eigenvalue weighted by molar-refractivity contribution is 6.76. The van der Waals surface area contributed by atoms with Gasteiger partial charge in [-0.3, -0.25) is 0 Å². The molecule has 0 heterocycles. The van der Waals surface area contributed by atoms with Gasteiger partial charge in [0.15, 0.2) is 6.61 Å². The molecular formula is C12H18O3Si. The van der Waals surface area contributed by atoms with E-state index in [0.29, 0.717) is 12.0 Å². The topological polar surface area (TPSA) is 35.5 Å². The molecule has 0 bridgehead atoms. The second-order valence-electron chi connectivity index (χ2n) is 4.82. The molecule has 88 valence electrons. The molecule has 1 aromatic rings. The second-order valence-corrected chi connectivity index (χ2v) is 10.2. The molecule has 0 saturated carbocycles. The number of rotatable bonds is 5. The van der Waals surface area contributed by atoms with Crippen molar-refractivity contribution in [3.63, 3.8) is 0 Å². The Labute approximate surface area is 97.4 Å². The summed E-state index contributed by atoms with van der Waals surface area (Å²) < 4.78 is 10.4. The van der Waals surface area contributed by atoms with Crippen LogP contribution in [0.15, 0.2) is 30.3 Å². The Morgan fingerprint density at radius 3 is 2.38 bits per heavy atom. The van der Waals surface area contributed by atoms with Gasteiger partial charge < -0.3 is 9.47 Å². The van der Waals surface area contributed by atoms with Crippen LogP contribution in [0, 0.1) is 0 Å². The Kier molecular flexibility index (Phi) is 4.55. The summed E-state index contributed by atoms with van der Waals surface area (Å²) in [7, 11) is -1.33. The molecule has 0 fully saturated rings. The van der Waals surface area contributed by atoms with E-state index in [4.69, 9.17) is 9.47 Å². The maximum atomic E-state index is 11.3. The fourth-order valence-electron chi connectivity index (χ4n) is 0.998. The minimum Gasteiger partial charge on any atom is -0.482 e. The van der Waals surface area contributed by atoms with Crippen LogP contribution in [0.1, 0.15) is 0 Å². The molecule has 0 aliphatic heterocycles. The van der Waals surface area contributed by atoms with Crippen LogP contribution in [0.2, 0.25) is 19.6 Å². The Bertz CT molecular complexity index is 330. The molecule has 4 heteroatoms. The van der Waals surface area contributed by atoms with E-state index < -0.39 is 8.07 Å². The van der Waals surface area contributed by atoms with Crippen LogP contribution < -0.4 is 4.74 Å². The van der Waals surface area contributed by atoms with Crippen molar-refractivity contribution in [2.24, 2.45) is 0 Å². The molecule has 0 unspecified atom stereocenters. The van der Waals surface area contributed by atoms with Crippen molar-refractivity contribution in [3.05, 3.63) is 30.3 Å². The molecule has 1 rings (SSSR count). The highest BCUT2D eigenvalue weighted by Gasteiger charge is 2.16. The zero-order valence-corrected chi connectivity index (χ0v) is 11.0. The monoisotopic (exact) mass is 238 g/mol. The molecule has 3 nitrogen and oxygen atoms in total. The van der Waals surface area contributed by atoms with Gasteiger partial charge >= 0.3 is 5.97 Å². The summed E-state index contributed by atoms with van der Waals surface area (Å²) in [6, 6.07) is 9.25. The van der Waals surface area contributed by atoms with Gasteiger partial charge in [0.25, 0.3) is 0 Å². The van der Waals surface area contributed by atoms with Crippen molar-refractivity contribution in [2.45, 2.75) is 19.6 Å². The number of ether oxygens (including phenoxy) is 2. The van der Waals surface area contributed by atoms with Crippen molar-refractivity contribution < 1.29 is 14.3 Å². The third-order valence-corrected chi connectivity index (χ3v) is 2.78. The van der Waals surface area contributed by atoms with E-state index in [2.05, 4.69) is 19.6 Å². The fourth-order valence-corrected chi connectivity index (χ4v) is 1.59. The molecule has 0 amide bonds. The average Bonchev–Trinajstić information content (AvgIpc) is 2.24. The lowest BCUT2D eigenvalue weighted by atomic mass is 10.3. The lowest BCUT2D eigenvalue weighted by Gasteiger charge is -2.15. The summed E-state index contributed by atoms with van der Waals surface area (Å²) in [6.07, 6.45) is 0.546. The van der Waals surface area contributed by atoms with E-state index >= 15 is 0 Å². The summed E-state index contributed by atoms with van der Waals surface area (Å²) in [5.74, 6) is 0.388. The van der Waals surface area contributed by atoms with Crippen molar-refractivity contribution >= 4 is 14.0 Å². The smallest absolute Gasteiger partial charge is 0.343 e. The number of carbonyl (C=O) groups excluding carboxylic acids is 1. The lowest BCUT2D eigenvalue weighted by Crippen LogP contribution is -2.31. The Morgan fingerprint density at radius 1 is 1.19 bits per heavy atom. The van der Waals surface area contributed by atoms with Crippen molar-refractivity contribution in [1.29, 1.82) is 0 Å². The minimum absolute atomic E-state index is 0.0194. The normalized spacial score (nSPS) is 10.9. The molecule has 0 aromatic heterocycles. The largest absolute Gasteiger partial charge is 0.482 e. The van der Waals surface area contributed by atoms with Crippen LogP contribution in [-0.2, 0) is 9.53 Å². The van der Waals surface area contributed by atoms with Crippen LogP contribution in [0.25, 0.3) is 0 Å². The van der Waals surface area contributed by atoms with Gasteiger partial charge in [-0.1, -0.05) is 37.8 Å².